The van der Waals surface area contributed by atoms with Crippen molar-refractivity contribution in [2.24, 2.45) is 0 Å². The van der Waals surface area contributed by atoms with Crippen molar-refractivity contribution in [2.75, 3.05) is 5.32 Å². The highest BCUT2D eigenvalue weighted by molar-refractivity contribution is 5.89. The molecule has 0 heterocycles. The van der Waals surface area contributed by atoms with Gasteiger partial charge in [0.2, 0.25) is 0 Å². The molecule has 0 radical (unpaired) electrons. The quantitative estimate of drug-likeness (QED) is 0.338. The van der Waals surface area contributed by atoms with Gasteiger partial charge in [-0.05, 0) is 51.7 Å². The fraction of sp³-hybridized carbons (Fsp3) is 0. The summed E-state index contributed by atoms with van der Waals surface area (Å²) in [6.45, 7) is 7.76. The summed E-state index contributed by atoms with van der Waals surface area (Å²) in [5.41, 5.74) is 6.61. The van der Waals surface area contributed by atoms with Crippen molar-refractivity contribution in [1.29, 1.82) is 0 Å². The van der Waals surface area contributed by atoms with Gasteiger partial charge in [0.25, 0.3) is 0 Å². The highest BCUT2D eigenvalue weighted by Crippen LogP contribution is 2.34. The molecule has 1 N–H and O–H groups in total. The molecular formula is C28H23N. The second-order valence-electron chi connectivity index (χ2n) is 6.88. The Balaban J connectivity index is 1.80. The largest absolute Gasteiger partial charge is 0.355 e. The van der Waals surface area contributed by atoms with Crippen LogP contribution in [0.2, 0.25) is 0 Å². The van der Waals surface area contributed by atoms with Crippen LogP contribution < -0.4 is 5.32 Å². The first-order valence-corrected chi connectivity index (χ1v) is 9.69. The normalized spacial score (nSPS) is 11.2. The molecule has 0 amide bonds. The first-order valence-electron chi connectivity index (χ1n) is 9.69. The Bertz CT molecular complexity index is 1200. The van der Waals surface area contributed by atoms with Crippen molar-refractivity contribution in [2.45, 2.75) is 0 Å². The molecule has 0 fully saturated rings. The maximum Gasteiger partial charge on any atom is 0.0464 e. The zero-order chi connectivity index (χ0) is 20.1. The van der Waals surface area contributed by atoms with Gasteiger partial charge in [0.05, 0.1) is 0 Å². The molecule has 0 aliphatic heterocycles. The van der Waals surface area contributed by atoms with Crippen LogP contribution in [0, 0.1) is 0 Å². The van der Waals surface area contributed by atoms with Crippen LogP contribution in [0.25, 0.3) is 27.5 Å². The molecule has 4 aromatic rings. The van der Waals surface area contributed by atoms with Gasteiger partial charge in [-0.25, -0.2) is 0 Å². The zero-order valence-electron chi connectivity index (χ0n) is 16.3. The lowest BCUT2D eigenvalue weighted by Crippen LogP contribution is -1.95. The number of anilines is 2. The summed E-state index contributed by atoms with van der Waals surface area (Å²) in [6, 6.07) is 31.8. The van der Waals surface area contributed by atoms with Gasteiger partial charge in [-0.3, -0.25) is 0 Å². The molecule has 0 aliphatic rings. The van der Waals surface area contributed by atoms with Gasteiger partial charge in [0.1, 0.15) is 0 Å². The van der Waals surface area contributed by atoms with E-state index in [1.54, 1.807) is 6.08 Å². The van der Waals surface area contributed by atoms with Crippen molar-refractivity contribution in [3.63, 3.8) is 0 Å². The molecule has 1 heteroatoms. The van der Waals surface area contributed by atoms with Crippen LogP contribution in [0.4, 0.5) is 11.4 Å². The summed E-state index contributed by atoms with van der Waals surface area (Å²) < 4.78 is 0. The molecule has 0 bridgehead atoms. The highest BCUT2D eigenvalue weighted by Gasteiger charge is 2.09. The van der Waals surface area contributed by atoms with Gasteiger partial charge in [-0.15, -0.1) is 0 Å². The Morgan fingerprint density at radius 1 is 0.724 bits per heavy atom. The number of hydrogen-bond acceptors (Lipinski definition) is 1. The van der Waals surface area contributed by atoms with Crippen molar-refractivity contribution in [3.8, 4) is 11.1 Å². The lowest BCUT2D eigenvalue weighted by atomic mass is 9.96. The van der Waals surface area contributed by atoms with Crippen LogP contribution in [-0.4, -0.2) is 0 Å². The van der Waals surface area contributed by atoms with E-state index in [2.05, 4.69) is 103 Å². The van der Waals surface area contributed by atoms with Crippen LogP contribution in [0.1, 0.15) is 5.56 Å². The lowest BCUT2D eigenvalue weighted by molar-refractivity contribution is 1.52. The Morgan fingerprint density at radius 3 is 2.24 bits per heavy atom. The number of allylic oxidation sites excluding steroid dienone is 4. The van der Waals surface area contributed by atoms with E-state index >= 15 is 0 Å². The predicted octanol–water partition coefficient (Wildman–Crippen LogP) is 8.01. The number of nitrogens with one attached hydrogen (secondary N) is 1. The van der Waals surface area contributed by atoms with Crippen LogP contribution >= 0.6 is 0 Å². The van der Waals surface area contributed by atoms with Crippen LogP contribution in [0.15, 0.2) is 122 Å². The van der Waals surface area contributed by atoms with E-state index in [1.807, 2.05) is 18.2 Å². The molecule has 140 valence electrons. The van der Waals surface area contributed by atoms with Gasteiger partial charge in [-0.2, -0.15) is 0 Å². The molecule has 0 aromatic heterocycles. The Morgan fingerprint density at radius 2 is 1.48 bits per heavy atom. The molecule has 0 spiro atoms. The summed E-state index contributed by atoms with van der Waals surface area (Å²) in [7, 11) is 0. The summed E-state index contributed by atoms with van der Waals surface area (Å²) in [6.07, 6.45) is 5.64. The number of benzene rings is 4. The van der Waals surface area contributed by atoms with E-state index in [4.69, 9.17) is 0 Å². The average Bonchev–Trinajstić information content (AvgIpc) is 2.78. The summed E-state index contributed by atoms with van der Waals surface area (Å²) in [5, 5.41) is 6.07. The number of hydrogen-bond donors (Lipinski definition) is 1. The van der Waals surface area contributed by atoms with E-state index in [-0.39, 0.29) is 0 Å². The minimum absolute atomic E-state index is 1.05. The molecular weight excluding hydrogens is 350 g/mol. The van der Waals surface area contributed by atoms with Crippen molar-refractivity contribution in [1.82, 2.24) is 0 Å². The van der Waals surface area contributed by atoms with Gasteiger partial charge in [-0.1, -0.05) is 98.1 Å². The molecule has 0 saturated heterocycles. The van der Waals surface area contributed by atoms with Gasteiger partial charge >= 0.3 is 0 Å². The molecule has 1 nitrogen and oxygen atoms in total. The molecule has 4 rings (SSSR count). The smallest absolute Gasteiger partial charge is 0.0464 e. The van der Waals surface area contributed by atoms with Crippen LogP contribution in [0.5, 0.6) is 0 Å². The van der Waals surface area contributed by atoms with E-state index in [1.165, 1.54) is 16.3 Å². The fourth-order valence-corrected chi connectivity index (χ4v) is 3.52. The standard InChI is InChI=1S/C28H23N/c1-3-10-21(4-2)25-16-18-28(27(20-25)23-12-6-5-7-13-23)29-26-17-15-22-11-8-9-14-24(22)19-26/h3-20,29H,1-2H2/b21-10+. The minimum Gasteiger partial charge on any atom is -0.355 e. The molecule has 0 aliphatic carbocycles. The third-order valence-electron chi connectivity index (χ3n) is 4.98. The van der Waals surface area contributed by atoms with Crippen molar-refractivity contribution in [3.05, 3.63) is 128 Å². The lowest BCUT2D eigenvalue weighted by Gasteiger charge is -2.15. The second-order valence-corrected chi connectivity index (χ2v) is 6.88. The highest BCUT2D eigenvalue weighted by atomic mass is 14.9. The summed E-state index contributed by atoms with van der Waals surface area (Å²) >= 11 is 0. The fourth-order valence-electron chi connectivity index (χ4n) is 3.52. The first-order chi connectivity index (χ1) is 14.3. The Labute approximate surface area is 172 Å². The Hall–Kier alpha value is -3.84. The molecule has 4 aromatic carbocycles. The summed E-state index contributed by atoms with van der Waals surface area (Å²) in [5.74, 6) is 0. The molecule has 0 atom stereocenters. The van der Waals surface area contributed by atoms with Gasteiger partial charge < -0.3 is 5.32 Å². The van der Waals surface area contributed by atoms with Gasteiger partial charge in [0, 0.05) is 16.9 Å². The van der Waals surface area contributed by atoms with E-state index < -0.39 is 0 Å². The number of rotatable bonds is 6. The first kappa shape index (κ1) is 18.5. The van der Waals surface area contributed by atoms with Crippen molar-refractivity contribution < 1.29 is 0 Å². The van der Waals surface area contributed by atoms with E-state index in [0.29, 0.717) is 0 Å². The van der Waals surface area contributed by atoms with Gasteiger partial charge in [0.15, 0.2) is 0 Å². The summed E-state index contributed by atoms with van der Waals surface area (Å²) in [4.78, 5) is 0. The topological polar surface area (TPSA) is 12.0 Å². The molecule has 0 unspecified atom stereocenters. The number of fused-ring (bicyclic) bond motifs is 1. The Kier molecular flexibility index (Phi) is 5.40. The monoisotopic (exact) mass is 373 g/mol. The van der Waals surface area contributed by atoms with E-state index in [0.717, 1.165) is 28.1 Å². The van der Waals surface area contributed by atoms with Crippen LogP contribution in [0.3, 0.4) is 0 Å². The predicted molar refractivity (Wildman–Crippen MR) is 127 cm³/mol. The molecule has 29 heavy (non-hydrogen) atoms. The minimum atomic E-state index is 1.05. The average molecular weight is 373 g/mol. The SMILES string of the molecule is C=C/C=C(\C=C)c1ccc(Nc2ccc3ccccc3c2)c(-c2ccccc2)c1. The third-order valence-corrected chi connectivity index (χ3v) is 4.98. The maximum atomic E-state index is 3.95. The van der Waals surface area contributed by atoms with Crippen molar-refractivity contribution >= 4 is 27.7 Å². The van der Waals surface area contributed by atoms with E-state index in [9.17, 15) is 0 Å². The third kappa shape index (κ3) is 4.04. The van der Waals surface area contributed by atoms with Crippen LogP contribution in [-0.2, 0) is 0 Å². The maximum absolute atomic E-state index is 3.95. The second kappa shape index (κ2) is 8.45. The zero-order valence-corrected chi connectivity index (χ0v) is 16.3. The molecule has 0 saturated carbocycles.